The topological polar surface area (TPSA) is 3.24 Å². The Morgan fingerprint density at radius 1 is 1.00 bits per heavy atom. The van der Waals surface area contributed by atoms with E-state index in [0.717, 1.165) is 0 Å². The van der Waals surface area contributed by atoms with Gasteiger partial charge in [-0.15, -0.1) is 0 Å². The van der Waals surface area contributed by atoms with Crippen molar-refractivity contribution >= 4 is 5.69 Å². The molecule has 0 spiro atoms. The van der Waals surface area contributed by atoms with Gasteiger partial charge >= 0.3 is 0 Å². The van der Waals surface area contributed by atoms with Crippen LogP contribution in [0.25, 0.3) is 0 Å². The number of hydrogen-bond acceptors (Lipinski definition) is 1. The fraction of sp³-hybridized carbons (Fsp3) is 0.286. The smallest absolute Gasteiger partial charge is 0.0532 e. The lowest BCUT2D eigenvalue weighted by Gasteiger charge is -2.32. The third-order valence-electron chi connectivity index (χ3n) is 2.98. The molecule has 0 N–H and O–H groups in total. The number of rotatable bonds is 2. The number of para-hydroxylation sites is 1. The number of nitrogens with zero attached hydrogens (tertiary/aromatic N) is 1. The molecule has 78 valence electrons. The molecule has 1 heteroatoms. The average Bonchev–Trinajstić information content (AvgIpc) is 2.30. The lowest BCUT2D eigenvalue weighted by Crippen LogP contribution is -2.35. The summed E-state index contributed by atoms with van der Waals surface area (Å²) in [7, 11) is 2.15. The Morgan fingerprint density at radius 3 is 2.33 bits per heavy atom. The minimum atomic E-state index is 0.470. The molecule has 0 fully saturated rings. The zero-order chi connectivity index (χ0) is 10.7. The van der Waals surface area contributed by atoms with Gasteiger partial charge in [-0.2, -0.15) is 0 Å². The van der Waals surface area contributed by atoms with Gasteiger partial charge in [-0.05, 0) is 18.1 Å². The van der Waals surface area contributed by atoms with Crippen molar-refractivity contribution in [3.8, 4) is 0 Å². The lowest BCUT2D eigenvalue weighted by molar-refractivity contribution is 0.593. The van der Waals surface area contributed by atoms with E-state index in [1.165, 1.54) is 5.69 Å². The standard InChI is InChI=1S/C14H17N/c1-12-8-6-7-11-14(12)15(2)13-9-4-3-5-10-13/h3-12,14H,1-2H3. The number of anilines is 1. The maximum absolute atomic E-state index is 2.32. The Balaban J connectivity index is 2.18. The Labute approximate surface area is 91.7 Å². The van der Waals surface area contributed by atoms with Gasteiger partial charge in [0.2, 0.25) is 0 Å². The fourth-order valence-electron chi connectivity index (χ4n) is 2.02. The van der Waals surface area contributed by atoms with Crippen LogP contribution in [0.1, 0.15) is 6.92 Å². The van der Waals surface area contributed by atoms with Gasteiger partial charge in [0, 0.05) is 12.7 Å². The maximum Gasteiger partial charge on any atom is 0.0532 e. The van der Waals surface area contributed by atoms with Crippen molar-refractivity contribution in [1.82, 2.24) is 0 Å². The summed E-state index contributed by atoms with van der Waals surface area (Å²) in [5, 5.41) is 0. The fourth-order valence-corrected chi connectivity index (χ4v) is 2.02. The second kappa shape index (κ2) is 4.35. The first-order chi connectivity index (χ1) is 7.29. The highest BCUT2D eigenvalue weighted by Crippen LogP contribution is 2.22. The Kier molecular flexibility index (Phi) is 2.91. The molecule has 0 heterocycles. The van der Waals surface area contributed by atoms with Gasteiger partial charge in [0.25, 0.3) is 0 Å². The van der Waals surface area contributed by atoms with Crippen molar-refractivity contribution < 1.29 is 0 Å². The van der Waals surface area contributed by atoms with Crippen molar-refractivity contribution in [2.24, 2.45) is 5.92 Å². The van der Waals surface area contributed by atoms with Crippen LogP contribution < -0.4 is 4.90 Å². The van der Waals surface area contributed by atoms with Gasteiger partial charge < -0.3 is 4.90 Å². The van der Waals surface area contributed by atoms with Crippen LogP contribution in [0.3, 0.4) is 0 Å². The number of allylic oxidation sites excluding steroid dienone is 2. The van der Waals surface area contributed by atoms with Crippen LogP contribution >= 0.6 is 0 Å². The molecule has 1 aromatic carbocycles. The van der Waals surface area contributed by atoms with Crippen LogP contribution in [-0.2, 0) is 0 Å². The largest absolute Gasteiger partial charge is 0.368 e. The van der Waals surface area contributed by atoms with E-state index in [-0.39, 0.29) is 0 Å². The molecule has 0 radical (unpaired) electrons. The summed E-state index contributed by atoms with van der Waals surface area (Å²) >= 11 is 0. The zero-order valence-electron chi connectivity index (χ0n) is 9.30. The van der Waals surface area contributed by atoms with Gasteiger partial charge in [-0.25, -0.2) is 0 Å². The van der Waals surface area contributed by atoms with Crippen LogP contribution in [0.2, 0.25) is 0 Å². The molecule has 0 aliphatic heterocycles. The number of hydrogen-bond donors (Lipinski definition) is 0. The van der Waals surface area contributed by atoms with E-state index in [1.54, 1.807) is 0 Å². The monoisotopic (exact) mass is 199 g/mol. The predicted molar refractivity (Wildman–Crippen MR) is 66.1 cm³/mol. The third kappa shape index (κ3) is 2.12. The highest BCUT2D eigenvalue weighted by molar-refractivity contribution is 5.48. The molecule has 0 saturated heterocycles. The highest BCUT2D eigenvalue weighted by Gasteiger charge is 2.18. The van der Waals surface area contributed by atoms with E-state index in [2.05, 4.69) is 73.5 Å². The van der Waals surface area contributed by atoms with Gasteiger partial charge in [-0.1, -0.05) is 49.4 Å². The molecule has 1 aliphatic rings. The highest BCUT2D eigenvalue weighted by atomic mass is 15.1. The van der Waals surface area contributed by atoms with E-state index < -0.39 is 0 Å². The molecular weight excluding hydrogens is 182 g/mol. The normalized spacial score (nSPS) is 24.1. The third-order valence-corrected chi connectivity index (χ3v) is 2.98. The number of benzene rings is 1. The van der Waals surface area contributed by atoms with Crippen LogP contribution in [0, 0.1) is 5.92 Å². The maximum atomic E-state index is 2.32. The summed E-state index contributed by atoms with van der Waals surface area (Å²) < 4.78 is 0. The molecule has 0 amide bonds. The van der Waals surface area contributed by atoms with Crippen molar-refractivity contribution in [1.29, 1.82) is 0 Å². The van der Waals surface area contributed by atoms with Crippen molar-refractivity contribution in [2.75, 3.05) is 11.9 Å². The summed E-state index contributed by atoms with van der Waals surface area (Å²) in [5.74, 6) is 0.570. The second-order valence-electron chi connectivity index (χ2n) is 4.07. The molecule has 2 unspecified atom stereocenters. The Hall–Kier alpha value is -1.50. The van der Waals surface area contributed by atoms with E-state index in [9.17, 15) is 0 Å². The minimum Gasteiger partial charge on any atom is -0.368 e. The average molecular weight is 199 g/mol. The molecule has 0 saturated carbocycles. The molecule has 1 aromatic rings. The first-order valence-corrected chi connectivity index (χ1v) is 5.42. The molecule has 0 bridgehead atoms. The number of likely N-dealkylation sites (N-methyl/N-ethyl adjacent to an activating group) is 1. The molecule has 15 heavy (non-hydrogen) atoms. The molecule has 1 nitrogen and oxygen atoms in total. The van der Waals surface area contributed by atoms with Crippen LogP contribution in [0.15, 0.2) is 54.6 Å². The van der Waals surface area contributed by atoms with Gasteiger partial charge in [0.05, 0.1) is 6.04 Å². The lowest BCUT2D eigenvalue weighted by atomic mass is 9.95. The van der Waals surface area contributed by atoms with Crippen LogP contribution in [0.4, 0.5) is 5.69 Å². The van der Waals surface area contributed by atoms with Crippen molar-refractivity contribution in [3.63, 3.8) is 0 Å². The van der Waals surface area contributed by atoms with Gasteiger partial charge in [0.1, 0.15) is 0 Å². The summed E-state index contributed by atoms with van der Waals surface area (Å²) in [6.45, 7) is 2.25. The summed E-state index contributed by atoms with van der Waals surface area (Å²) in [5.41, 5.74) is 1.27. The van der Waals surface area contributed by atoms with Crippen molar-refractivity contribution in [2.45, 2.75) is 13.0 Å². The Bertz CT molecular complexity index is 364. The van der Waals surface area contributed by atoms with E-state index in [1.807, 2.05) is 0 Å². The summed E-state index contributed by atoms with van der Waals surface area (Å²) in [6.07, 6.45) is 8.77. The molecule has 0 aromatic heterocycles. The van der Waals surface area contributed by atoms with Gasteiger partial charge in [-0.3, -0.25) is 0 Å². The minimum absolute atomic E-state index is 0.470. The van der Waals surface area contributed by atoms with E-state index in [4.69, 9.17) is 0 Å². The van der Waals surface area contributed by atoms with E-state index in [0.29, 0.717) is 12.0 Å². The summed E-state index contributed by atoms with van der Waals surface area (Å²) in [4.78, 5) is 2.32. The van der Waals surface area contributed by atoms with E-state index >= 15 is 0 Å². The zero-order valence-corrected chi connectivity index (χ0v) is 9.30. The van der Waals surface area contributed by atoms with Gasteiger partial charge in [0.15, 0.2) is 0 Å². The quantitative estimate of drug-likeness (QED) is 0.706. The molecule has 1 aliphatic carbocycles. The second-order valence-corrected chi connectivity index (χ2v) is 4.07. The summed E-state index contributed by atoms with van der Waals surface area (Å²) in [6, 6.07) is 11.0. The van der Waals surface area contributed by atoms with Crippen LogP contribution in [-0.4, -0.2) is 13.1 Å². The molecular formula is C14H17N. The predicted octanol–water partition coefficient (Wildman–Crippen LogP) is 3.25. The first-order valence-electron chi connectivity index (χ1n) is 5.42. The van der Waals surface area contributed by atoms with Crippen molar-refractivity contribution in [3.05, 3.63) is 54.6 Å². The van der Waals surface area contributed by atoms with Crippen LogP contribution in [0.5, 0.6) is 0 Å². The molecule has 2 atom stereocenters. The SMILES string of the molecule is CC1C=CC=CC1N(C)c1ccccc1. The molecule has 2 rings (SSSR count). The first kappa shape index (κ1) is 10.0. The Morgan fingerprint density at radius 2 is 1.67 bits per heavy atom.